The summed E-state index contributed by atoms with van der Waals surface area (Å²) in [6, 6.07) is 9.58. The van der Waals surface area contributed by atoms with Crippen LogP contribution in [-0.4, -0.2) is 15.4 Å². The Morgan fingerprint density at radius 1 is 1.06 bits per heavy atom. The van der Waals surface area contributed by atoms with Crippen molar-refractivity contribution in [1.29, 1.82) is 0 Å². The second-order valence-corrected chi connectivity index (χ2v) is 9.11. The lowest BCUT2D eigenvalue weighted by Crippen LogP contribution is -2.26. The highest BCUT2D eigenvalue weighted by atomic mass is 28.4. The van der Waals surface area contributed by atoms with Crippen LogP contribution in [-0.2, 0) is 9.16 Å². The first-order valence-electron chi connectivity index (χ1n) is 5.59. The van der Waals surface area contributed by atoms with Crippen LogP contribution in [0.3, 0.4) is 0 Å². The topological polar surface area (TPSA) is 27.7 Å². The molecule has 4 heteroatoms. The zero-order valence-electron chi connectivity index (χ0n) is 11.1. The van der Waals surface area contributed by atoms with Crippen LogP contribution in [0.4, 0.5) is 0 Å². The number of benzene rings is 1. The molecule has 0 aliphatic heterocycles. The average Bonchev–Trinajstić information content (AvgIpc) is 2.26. The van der Waals surface area contributed by atoms with Gasteiger partial charge in [-0.2, -0.15) is 0 Å². The van der Waals surface area contributed by atoms with E-state index in [1.165, 1.54) is 0 Å². The average molecular weight is 252 g/mol. The van der Waals surface area contributed by atoms with E-state index in [2.05, 4.69) is 19.6 Å². The molecule has 0 spiro atoms. The predicted molar refractivity (Wildman–Crippen MR) is 71.2 cm³/mol. The van der Waals surface area contributed by atoms with E-state index in [-0.39, 0.29) is 0 Å². The van der Waals surface area contributed by atoms with Crippen molar-refractivity contribution >= 4 is 8.32 Å². The highest BCUT2D eigenvalue weighted by Gasteiger charge is 2.20. The van der Waals surface area contributed by atoms with E-state index in [1.54, 1.807) is 7.11 Å². The summed E-state index contributed by atoms with van der Waals surface area (Å²) in [4.78, 5) is 0. The molecule has 0 saturated carbocycles. The Hall–Kier alpha value is -1.42. The van der Waals surface area contributed by atoms with Crippen molar-refractivity contribution in [2.75, 3.05) is 7.11 Å². The first kappa shape index (κ1) is 13.6. The molecule has 1 aromatic carbocycles. The Morgan fingerprint density at radius 2 is 1.65 bits per heavy atom. The highest BCUT2D eigenvalue weighted by Crippen LogP contribution is 2.18. The number of hydrogen-bond acceptors (Lipinski definition) is 3. The number of ether oxygens (including phenoxy) is 2. The van der Waals surface area contributed by atoms with Crippen LogP contribution in [0.15, 0.2) is 42.0 Å². The fourth-order valence-corrected chi connectivity index (χ4v) is 2.03. The van der Waals surface area contributed by atoms with E-state index in [4.69, 9.17) is 13.9 Å². The smallest absolute Gasteiger partial charge is 0.305 e. The van der Waals surface area contributed by atoms with Crippen molar-refractivity contribution in [3.8, 4) is 5.75 Å². The molecule has 0 fully saturated rings. The second kappa shape index (κ2) is 5.77. The van der Waals surface area contributed by atoms with Crippen molar-refractivity contribution in [3.63, 3.8) is 0 Å². The fourth-order valence-electron chi connectivity index (χ4n) is 1.24. The summed E-state index contributed by atoms with van der Waals surface area (Å²) in [5, 5.41) is 0. The molecule has 0 radical (unpaired) electrons. The Balaban J connectivity index is 2.80. The molecule has 0 heterocycles. The summed E-state index contributed by atoms with van der Waals surface area (Å²) in [5.74, 6) is 1.88. The molecule has 0 aliphatic carbocycles. The van der Waals surface area contributed by atoms with E-state index in [0.29, 0.717) is 11.7 Å². The van der Waals surface area contributed by atoms with Crippen molar-refractivity contribution in [2.24, 2.45) is 0 Å². The Bertz CT molecular complexity index is 379. The van der Waals surface area contributed by atoms with Crippen LogP contribution in [0.2, 0.25) is 19.6 Å². The van der Waals surface area contributed by atoms with Gasteiger partial charge in [0.05, 0.1) is 7.11 Å². The van der Waals surface area contributed by atoms with Gasteiger partial charge in [-0.3, -0.25) is 0 Å². The van der Waals surface area contributed by atoms with Crippen molar-refractivity contribution in [1.82, 2.24) is 0 Å². The first-order chi connectivity index (χ1) is 7.92. The maximum atomic E-state index is 5.79. The van der Waals surface area contributed by atoms with Gasteiger partial charge in [0.2, 0.25) is 8.32 Å². The van der Waals surface area contributed by atoms with Gasteiger partial charge in [0, 0.05) is 6.92 Å². The van der Waals surface area contributed by atoms with Crippen LogP contribution in [0, 0.1) is 0 Å². The maximum absolute atomic E-state index is 5.79. The lowest BCUT2D eigenvalue weighted by Gasteiger charge is -2.21. The second-order valence-electron chi connectivity index (χ2n) is 4.68. The van der Waals surface area contributed by atoms with Crippen LogP contribution in [0.25, 0.3) is 0 Å². The minimum Gasteiger partial charge on any atom is -0.517 e. The molecule has 0 unspecified atom stereocenters. The van der Waals surface area contributed by atoms with Gasteiger partial charge in [0.15, 0.2) is 5.76 Å². The molecular formula is C13H20O3Si. The number of methoxy groups -OCH3 is 1. The van der Waals surface area contributed by atoms with Gasteiger partial charge in [-0.25, -0.2) is 0 Å². The third kappa shape index (κ3) is 4.95. The Labute approximate surface area is 104 Å². The van der Waals surface area contributed by atoms with Crippen LogP contribution in [0.5, 0.6) is 5.75 Å². The standard InChI is InChI=1S/C13H20O3Si/c1-11(13(14-2)16-17(3,4)5)15-12-9-7-6-8-10-12/h6-10H,1-5H3. The molecular weight excluding hydrogens is 232 g/mol. The van der Waals surface area contributed by atoms with E-state index in [9.17, 15) is 0 Å². The molecule has 0 saturated heterocycles. The molecule has 0 N–H and O–H groups in total. The third-order valence-corrected chi connectivity index (χ3v) is 2.68. The van der Waals surface area contributed by atoms with Gasteiger partial charge in [0.1, 0.15) is 5.75 Å². The van der Waals surface area contributed by atoms with Crippen LogP contribution >= 0.6 is 0 Å². The lowest BCUT2D eigenvalue weighted by atomic mass is 10.3. The predicted octanol–water partition coefficient (Wildman–Crippen LogP) is 3.75. The molecule has 0 aliphatic rings. The van der Waals surface area contributed by atoms with E-state index < -0.39 is 8.32 Å². The summed E-state index contributed by atoms with van der Waals surface area (Å²) < 4.78 is 16.7. The summed E-state index contributed by atoms with van der Waals surface area (Å²) in [6.07, 6.45) is 0. The normalized spacial score (nSPS) is 12.8. The quantitative estimate of drug-likeness (QED) is 0.590. The number of para-hydroxylation sites is 1. The van der Waals surface area contributed by atoms with Crippen molar-refractivity contribution in [2.45, 2.75) is 26.6 Å². The van der Waals surface area contributed by atoms with Crippen molar-refractivity contribution < 1.29 is 13.9 Å². The molecule has 94 valence electrons. The monoisotopic (exact) mass is 252 g/mol. The molecule has 0 amide bonds. The molecule has 0 bridgehead atoms. The molecule has 3 nitrogen and oxygen atoms in total. The minimum absolute atomic E-state index is 0.466. The van der Waals surface area contributed by atoms with E-state index in [1.807, 2.05) is 37.3 Å². The lowest BCUT2D eigenvalue weighted by molar-refractivity contribution is 0.126. The summed E-state index contributed by atoms with van der Waals surface area (Å²) in [7, 11) is -0.0935. The zero-order chi connectivity index (χ0) is 12.9. The Morgan fingerprint density at radius 3 is 2.12 bits per heavy atom. The number of allylic oxidation sites excluding steroid dienone is 1. The summed E-state index contributed by atoms with van der Waals surface area (Å²) in [5.41, 5.74) is 0. The SMILES string of the molecule is COC(O[Si](C)(C)C)=C(C)Oc1ccccc1. The summed E-state index contributed by atoms with van der Waals surface area (Å²) in [6.45, 7) is 8.14. The van der Waals surface area contributed by atoms with Gasteiger partial charge >= 0.3 is 5.95 Å². The Kier molecular flexibility index (Phi) is 4.63. The fraction of sp³-hybridized carbons (Fsp3) is 0.385. The number of rotatable bonds is 5. The summed E-state index contributed by atoms with van der Waals surface area (Å²) >= 11 is 0. The molecule has 0 atom stereocenters. The highest BCUT2D eigenvalue weighted by molar-refractivity contribution is 6.70. The molecule has 1 rings (SSSR count). The largest absolute Gasteiger partial charge is 0.517 e. The first-order valence-corrected chi connectivity index (χ1v) is 9.00. The van der Waals surface area contributed by atoms with Crippen LogP contribution in [0.1, 0.15) is 6.92 Å². The van der Waals surface area contributed by atoms with E-state index in [0.717, 1.165) is 5.75 Å². The number of hydrogen-bond donors (Lipinski definition) is 0. The van der Waals surface area contributed by atoms with Crippen molar-refractivity contribution in [3.05, 3.63) is 42.0 Å². The van der Waals surface area contributed by atoms with Gasteiger partial charge in [-0.05, 0) is 31.8 Å². The molecule has 0 aromatic heterocycles. The minimum atomic E-state index is -1.68. The van der Waals surface area contributed by atoms with Gasteiger partial charge in [-0.15, -0.1) is 0 Å². The van der Waals surface area contributed by atoms with Gasteiger partial charge < -0.3 is 13.9 Å². The molecule has 17 heavy (non-hydrogen) atoms. The van der Waals surface area contributed by atoms with Gasteiger partial charge in [-0.1, -0.05) is 18.2 Å². The van der Waals surface area contributed by atoms with E-state index >= 15 is 0 Å². The van der Waals surface area contributed by atoms with Crippen LogP contribution < -0.4 is 4.74 Å². The maximum Gasteiger partial charge on any atom is 0.305 e. The van der Waals surface area contributed by atoms with Gasteiger partial charge in [0.25, 0.3) is 0 Å². The zero-order valence-corrected chi connectivity index (χ0v) is 12.1. The molecule has 1 aromatic rings. The third-order valence-electron chi connectivity index (χ3n) is 1.89.